The number of aromatic nitrogens is 5. The van der Waals surface area contributed by atoms with Gasteiger partial charge in [-0.2, -0.15) is 9.97 Å². The number of rotatable bonds is 5. The van der Waals surface area contributed by atoms with Crippen LogP contribution in [0.4, 0.5) is 0 Å². The second kappa shape index (κ2) is 12.1. The number of hydrogen-bond acceptors (Lipinski definition) is 3. The standard InChI is InChI=1S/C49H31N5/c1-3-14-33(15-4-1)47-50-48(34-16-5-2-6-17-34)52-49(51-47)54-44-22-12-10-20-40(44)42-30-36(25-28-45(42)54)37-24-27-41-39-19-9-11-21-43(39)53(46(41)31-37)38-26-23-32-13-7-8-18-35(32)29-38/h1-31H. The van der Waals surface area contributed by atoms with Gasteiger partial charge in [0.2, 0.25) is 5.95 Å². The van der Waals surface area contributed by atoms with E-state index < -0.39 is 0 Å². The van der Waals surface area contributed by atoms with E-state index in [0.29, 0.717) is 17.6 Å². The highest BCUT2D eigenvalue weighted by atomic mass is 15.2. The molecule has 0 fully saturated rings. The maximum atomic E-state index is 5.10. The lowest BCUT2D eigenvalue weighted by Crippen LogP contribution is -2.06. The van der Waals surface area contributed by atoms with Gasteiger partial charge in [0.15, 0.2) is 11.6 Å². The Balaban J connectivity index is 1.11. The monoisotopic (exact) mass is 689 g/mol. The Labute approximate surface area is 311 Å². The average molecular weight is 690 g/mol. The molecule has 0 saturated carbocycles. The third-order valence-corrected chi connectivity index (χ3v) is 10.6. The van der Waals surface area contributed by atoms with Crippen molar-refractivity contribution in [1.82, 2.24) is 24.1 Å². The van der Waals surface area contributed by atoms with Crippen molar-refractivity contribution in [1.29, 1.82) is 0 Å². The van der Waals surface area contributed by atoms with Crippen molar-refractivity contribution in [3.05, 3.63) is 188 Å². The van der Waals surface area contributed by atoms with Crippen molar-refractivity contribution < 1.29 is 0 Å². The molecule has 0 atom stereocenters. The topological polar surface area (TPSA) is 48.5 Å². The van der Waals surface area contributed by atoms with Crippen molar-refractivity contribution in [2.75, 3.05) is 0 Å². The van der Waals surface area contributed by atoms with Crippen LogP contribution in [0.3, 0.4) is 0 Å². The van der Waals surface area contributed by atoms with Crippen LogP contribution in [0, 0.1) is 0 Å². The van der Waals surface area contributed by atoms with Crippen LogP contribution in [0.2, 0.25) is 0 Å². The highest BCUT2D eigenvalue weighted by Crippen LogP contribution is 2.38. The fraction of sp³-hybridized carbons (Fsp3) is 0. The SMILES string of the molecule is c1ccc(-c2nc(-c3ccccc3)nc(-n3c4ccccc4c4cc(-c5ccc6c7ccccc7n(-c7ccc8ccccc8c7)c6c5)ccc43)n2)cc1. The molecular weight excluding hydrogens is 659 g/mol. The van der Waals surface area contributed by atoms with Crippen LogP contribution in [-0.2, 0) is 0 Å². The fourth-order valence-corrected chi connectivity index (χ4v) is 8.01. The first-order valence-corrected chi connectivity index (χ1v) is 18.2. The molecule has 54 heavy (non-hydrogen) atoms. The van der Waals surface area contributed by atoms with Gasteiger partial charge in [-0.05, 0) is 64.4 Å². The molecule has 0 bridgehead atoms. The second-order valence-corrected chi connectivity index (χ2v) is 13.7. The first-order chi connectivity index (χ1) is 26.8. The normalized spacial score (nSPS) is 11.7. The highest BCUT2D eigenvalue weighted by Gasteiger charge is 2.19. The smallest absolute Gasteiger partial charge is 0.238 e. The Morgan fingerprint density at radius 1 is 0.296 bits per heavy atom. The quantitative estimate of drug-likeness (QED) is 0.181. The molecular formula is C49H31N5. The summed E-state index contributed by atoms with van der Waals surface area (Å²) in [6.45, 7) is 0. The van der Waals surface area contributed by atoms with Crippen molar-refractivity contribution in [2.24, 2.45) is 0 Å². The molecule has 0 N–H and O–H groups in total. The lowest BCUT2D eigenvalue weighted by Gasteiger charge is -2.11. The summed E-state index contributed by atoms with van der Waals surface area (Å²) < 4.78 is 4.58. The van der Waals surface area contributed by atoms with E-state index in [1.807, 2.05) is 60.7 Å². The molecule has 0 aliphatic carbocycles. The molecule has 0 saturated heterocycles. The van der Waals surface area contributed by atoms with E-state index in [4.69, 9.17) is 15.0 Å². The average Bonchev–Trinajstić information content (AvgIpc) is 3.76. The van der Waals surface area contributed by atoms with Crippen LogP contribution in [0.25, 0.3) is 99.9 Å². The van der Waals surface area contributed by atoms with Gasteiger partial charge in [0, 0.05) is 38.4 Å². The van der Waals surface area contributed by atoms with E-state index in [2.05, 4.69) is 137 Å². The Hall–Kier alpha value is -7.37. The zero-order valence-corrected chi connectivity index (χ0v) is 29.1. The minimum absolute atomic E-state index is 0.586. The van der Waals surface area contributed by atoms with Crippen molar-refractivity contribution >= 4 is 54.4 Å². The Morgan fingerprint density at radius 3 is 1.56 bits per heavy atom. The second-order valence-electron chi connectivity index (χ2n) is 13.7. The first kappa shape index (κ1) is 30.3. The number of nitrogens with zero attached hydrogens (tertiary/aromatic N) is 5. The highest BCUT2D eigenvalue weighted by molar-refractivity contribution is 6.12. The summed E-state index contributed by atoms with van der Waals surface area (Å²) >= 11 is 0. The zero-order chi connectivity index (χ0) is 35.6. The van der Waals surface area contributed by atoms with Crippen molar-refractivity contribution in [3.8, 4) is 45.5 Å². The van der Waals surface area contributed by atoms with Gasteiger partial charge in [-0.25, -0.2) is 4.98 Å². The maximum absolute atomic E-state index is 5.10. The minimum atomic E-state index is 0.586. The van der Waals surface area contributed by atoms with E-state index in [0.717, 1.165) is 49.7 Å². The Bertz CT molecular complexity index is 3160. The molecule has 0 unspecified atom stereocenters. The maximum Gasteiger partial charge on any atom is 0.238 e. The number of para-hydroxylation sites is 2. The summed E-state index contributed by atoms with van der Waals surface area (Å²) in [5.74, 6) is 1.86. The molecule has 0 amide bonds. The zero-order valence-electron chi connectivity index (χ0n) is 29.1. The molecule has 252 valence electrons. The lowest BCUT2D eigenvalue weighted by molar-refractivity contribution is 0.953. The fourth-order valence-electron chi connectivity index (χ4n) is 8.01. The molecule has 5 nitrogen and oxygen atoms in total. The Morgan fingerprint density at radius 2 is 0.833 bits per heavy atom. The van der Waals surface area contributed by atoms with Crippen LogP contribution >= 0.6 is 0 Å². The number of benzene rings is 8. The number of fused-ring (bicyclic) bond motifs is 7. The van der Waals surface area contributed by atoms with Gasteiger partial charge in [0.25, 0.3) is 0 Å². The summed E-state index contributed by atoms with van der Waals surface area (Å²) in [4.78, 5) is 15.2. The molecule has 3 aromatic heterocycles. The molecule has 11 rings (SSSR count). The van der Waals surface area contributed by atoms with Crippen LogP contribution < -0.4 is 0 Å². The van der Waals surface area contributed by atoms with E-state index in [-0.39, 0.29) is 0 Å². The summed E-state index contributed by atoms with van der Waals surface area (Å²) in [6, 6.07) is 66.4. The van der Waals surface area contributed by atoms with E-state index in [9.17, 15) is 0 Å². The molecule has 8 aromatic carbocycles. The summed E-state index contributed by atoms with van der Waals surface area (Å²) in [7, 11) is 0. The molecule has 0 aliphatic rings. The molecule has 0 aliphatic heterocycles. The molecule has 3 heterocycles. The predicted molar refractivity (Wildman–Crippen MR) is 222 cm³/mol. The first-order valence-electron chi connectivity index (χ1n) is 18.2. The third kappa shape index (κ3) is 4.83. The third-order valence-electron chi connectivity index (χ3n) is 10.6. The number of hydrogen-bond donors (Lipinski definition) is 0. The van der Waals surface area contributed by atoms with Gasteiger partial charge < -0.3 is 4.57 Å². The van der Waals surface area contributed by atoms with Crippen LogP contribution in [0.5, 0.6) is 0 Å². The van der Waals surface area contributed by atoms with Gasteiger partial charge in [0.1, 0.15) is 0 Å². The van der Waals surface area contributed by atoms with Crippen molar-refractivity contribution in [3.63, 3.8) is 0 Å². The van der Waals surface area contributed by atoms with E-state index >= 15 is 0 Å². The lowest BCUT2D eigenvalue weighted by atomic mass is 10.0. The van der Waals surface area contributed by atoms with Gasteiger partial charge in [-0.3, -0.25) is 4.57 Å². The van der Waals surface area contributed by atoms with Crippen LogP contribution in [0.15, 0.2) is 188 Å². The largest absolute Gasteiger partial charge is 0.309 e. The molecule has 0 radical (unpaired) electrons. The van der Waals surface area contributed by atoms with Crippen LogP contribution in [0.1, 0.15) is 0 Å². The summed E-state index contributed by atoms with van der Waals surface area (Å²) in [5.41, 5.74) is 9.79. The van der Waals surface area contributed by atoms with Crippen molar-refractivity contribution in [2.45, 2.75) is 0 Å². The van der Waals surface area contributed by atoms with Crippen LogP contribution in [-0.4, -0.2) is 24.1 Å². The van der Waals surface area contributed by atoms with Gasteiger partial charge >= 0.3 is 0 Å². The summed E-state index contributed by atoms with van der Waals surface area (Å²) in [6.07, 6.45) is 0. The molecule has 11 aromatic rings. The Kier molecular flexibility index (Phi) is 6.79. The van der Waals surface area contributed by atoms with Gasteiger partial charge in [0.05, 0.1) is 22.1 Å². The predicted octanol–water partition coefficient (Wildman–Crippen LogP) is 12.2. The minimum Gasteiger partial charge on any atom is -0.309 e. The van der Waals surface area contributed by atoms with E-state index in [1.165, 1.54) is 32.6 Å². The summed E-state index contributed by atoms with van der Waals surface area (Å²) in [5, 5.41) is 7.22. The van der Waals surface area contributed by atoms with Gasteiger partial charge in [-0.1, -0.05) is 146 Å². The molecule has 0 spiro atoms. The van der Waals surface area contributed by atoms with E-state index in [1.54, 1.807) is 0 Å². The van der Waals surface area contributed by atoms with Gasteiger partial charge in [-0.15, -0.1) is 0 Å². The molecule has 5 heteroatoms.